The number of unbranched alkanes of at least 4 members (excludes halogenated alkanes) is 36. The zero-order chi connectivity index (χ0) is 50.7. The second kappa shape index (κ2) is 52.0. The van der Waals surface area contributed by atoms with Crippen molar-refractivity contribution in [2.45, 2.75) is 309 Å². The Morgan fingerprint density at radius 1 is 0.420 bits per heavy atom. The molecule has 11 nitrogen and oxygen atoms in total. The van der Waals surface area contributed by atoms with E-state index in [9.17, 15) is 34.2 Å². The van der Waals surface area contributed by atoms with E-state index in [1.165, 1.54) is 192 Å². The minimum absolute atomic E-state index is 0.0633. The van der Waals surface area contributed by atoms with Gasteiger partial charge in [-0.2, -0.15) is 11.8 Å². The third kappa shape index (κ3) is 46.5. The molecule has 0 rings (SSSR count). The lowest BCUT2D eigenvalue weighted by atomic mass is 10.0. The number of carbonyl (C=O) groups excluding carboxylic acids is 4. The Hall–Kier alpha value is -2.34. The fraction of sp³-hybridized carbons (Fsp3) is 0.912. The lowest BCUT2D eigenvalue weighted by molar-refractivity contribution is -0.157. The average molecular weight is 998 g/mol. The number of amides is 2. The number of carboxylic acids is 1. The number of ether oxygens (including phenoxy) is 2. The number of carbonyl (C=O) groups is 5. The Labute approximate surface area is 427 Å². The number of aliphatic hydroxyl groups excluding tert-OH is 1. The Morgan fingerprint density at radius 2 is 0.754 bits per heavy atom. The van der Waals surface area contributed by atoms with Crippen molar-refractivity contribution < 1.29 is 43.7 Å². The molecule has 0 aliphatic heterocycles. The number of hydrogen-bond acceptors (Lipinski definition) is 9. The number of aliphatic hydroxyl groups is 1. The lowest BCUT2D eigenvalue weighted by Crippen LogP contribution is -2.53. The highest BCUT2D eigenvalue weighted by molar-refractivity contribution is 7.99. The molecule has 0 spiro atoms. The lowest BCUT2D eigenvalue weighted by Gasteiger charge is -2.22. The molecule has 0 aromatic carbocycles. The maximum absolute atomic E-state index is 13.3. The molecule has 3 atom stereocenters. The largest absolute Gasteiger partial charge is 0.480 e. The van der Waals surface area contributed by atoms with Gasteiger partial charge < -0.3 is 30.3 Å². The molecule has 0 aromatic heterocycles. The number of esters is 2. The first-order chi connectivity index (χ1) is 33.7. The Kier molecular flexibility index (Phi) is 50.2. The van der Waals surface area contributed by atoms with E-state index < -0.39 is 36.7 Å². The van der Waals surface area contributed by atoms with Gasteiger partial charge in [-0.05, 0) is 19.3 Å². The minimum atomic E-state index is -1.52. The van der Waals surface area contributed by atoms with Crippen LogP contribution in [0, 0.1) is 0 Å². The maximum Gasteiger partial charge on any atom is 0.328 e. The van der Waals surface area contributed by atoms with E-state index in [0.29, 0.717) is 12.8 Å². The van der Waals surface area contributed by atoms with Crippen LogP contribution in [0.1, 0.15) is 290 Å². The standard InChI is InChI=1S/C57H108N2O9S/c1-4-7-10-13-16-19-22-25-28-31-34-37-40-43-53(61)58-52(56(64)59-51(46-60)57(65)66)49-69-48-50(68-55(63)45-42-39-36-33-30-27-24-21-18-15-12-9-6-3)47-67-54(62)44-41-38-35-32-29-26-23-20-17-14-11-8-5-2/h50-52,60H,4-49H2,1-3H3,(H,58,61)(H,59,64)(H,65,66)/t50-,51-,52+/m1/s1. The summed E-state index contributed by atoms with van der Waals surface area (Å²) < 4.78 is 11.5. The molecule has 69 heavy (non-hydrogen) atoms. The fourth-order valence-electron chi connectivity index (χ4n) is 8.72. The van der Waals surface area contributed by atoms with Crippen molar-refractivity contribution in [3.05, 3.63) is 0 Å². The molecule has 0 aromatic rings. The molecular formula is C57H108N2O9S. The topological polar surface area (TPSA) is 168 Å². The summed E-state index contributed by atoms with van der Waals surface area (Å²) in [5.74, 6) is -2.83. The van der Waals surface area contributed by atoms with Crippen molar-refractivity contribution in [3.63, 3.8) is 0 Å². The average Bonchev–Trinajstić information content (AvgIpc) is 3.33. The van der Waals surface area contributed by atoms with Gasteiger partial charge in [0.15, 0.2) is 0 Å². The molecular weight excluding hydrogens is 889 g/mol. The second-order valence-corrected chi connectivity index (χ2v) is 21.1. The van der Waals surface area contributed by atoms with Crippen LogP contribution in [0.25, 0.3) is 0 Å². The van der Waals surface area contributed by atoms with Crippen LogP contribution < -0.4 is 10.6 Å². The van der Waals surface area contributed by atoms with Crippen molar-refractivity contribution in [2.24, 2.45) is 0 Å². The van der Waals surface area contributed by atoms with E-state index in [1.54, 1.807) is 0 Å². The summed E-state index contributed by atoms with van der Waals surface area (Å²) in [7, 11) is 0. The van der Waals surface area contributed by atoms with Gasteiger partial charge in [0.1, 0.15) is 24.8 Å². The molecule has 0 saturated heterocycles. The number of nitrogens with one attached hydrogen (secondary N) is 2. The van der Waals surface area contributed by atoms with Crippen molar-refractivity contribution in [1.29, 1.82) is 0 Å². The monoisotopic (exact) mass is 997 g/mol. The first-order valence-electron chi connectivity index (χ1n) is 29.0. The molecule has 0 aliphatic carbocycles. The summed E-state index contributed by atoms with van der Waals surface area (Å²) in [5.41, 5.74) is 0. The zero-order valence-corrected chi connectivity index (χ0v) is 45.7. The normalized spacial score (nSPS) is 12.6. The Balaban J connectivity index is 5.08. The van der Waals surface area contributed by atoms with Crippen LogP contribution in [0.2, 0.25) is 0 Å². The van der Waals surface area contributed by atoms with Crippen molar-refractivity contribution in [2.75, 3.05) is 24.7 Å². The molecule has 0 heterocycles. The van der Waals surface area contributed by atoms with Crippen LogP contribution in [0.4, 0.5) is 0 Å². The molecule has 0 saturated carbocycles. The quantitative estimate of drug-likeness (QED) is 0.0340. The van der Waals surface area contributed by atoms with Gasteiger partial charge >= 0.3 is 17.9 Å². The van der Waals surface area contributed by atoms with Crippen molar-refractivity contribution in [3.8, 4) is 0 Å². The minimum Gasteiger partial charge on any atom is -0.480 e. The van der Waals surface area contributed by atoms with E-state index in [2.05, 4.69) is 31.4 Å². The molecule has 4 N–H and O–H groups in total. The molecule has 406 valence electrons. The van der Waals surface area contributed by atoms with Crippen LogP contribution in [0.5, 0.6) is 0 Å². The predicted molar refractivity (Wildman–Crippen MR) is 288 cm³/mol. The summed E-state index contributed by atoms with van der Waals surface area (Å²) in [4.78, 5) is 63.9. The predicted octanol–water partition coefficient (Wildman–Crippen LogP) is 14.7. The molecule has 0 fully saturated rings. The summed E-state index contributed by atoms with van der Waals surface area (Å²) in [6.45, 7) is 5.83. The summed E-state index contributed by atoms with van der Waals surface area (Å²) in [6, 6.07) is -2.60. The van der Waals surface area contributed by atoms with Gasteiger partial charge in [0, 0.05) is 30.8 Å². The first kappa shape index (κ1) is 66.7. The number of hydrogen-bond donors (Lipinski definition) is 4. The van der Waals surface area contributed by atoms with Crippen molar-refractivity contribution >= 4 is 41.5 Å². The highest BCUT2D eigenvalue weighted by Gasteiger charge is 2.27. The van der Waals surface area contributed by atoms with Crippen LogP contribution >= 0.6 is 11.8 Å². The summed E-state index contributed by atoms with van der Waals surface area (Å²) in [6.07, 6.45) is 46.9. The second-order valence-electron chi connectivity index (χ2n) is 20.0. The number of thioether (sulfide) groups is 1. The van der Waals surface area contributed by atoms with Gasteiger partial charge in [0.05, 0.1) is 6.61 Å². The third-order valence-corrected chi connectivity index (χ3v) is 14.4. The number of rotatable bonds is 54. The SMILES string of the molecule is CCCCCCCCCCCCCCCC(=O)N[C@@H](CSC[C@@H](COC(=O)CCCCCCCCCCCCCCC)OC(=O)CCCCCCCCCCCCCCC)C(=O)N[C@H](CO)C(=O)O. The molecule has 0 unspecified atom stereocenters. The van der Waals surface area contributed by atoms with Gasteiger partial charge in [-0.15, -0.1) is 0 Å². The van der Waals surface area contributed by atoms with Crippen LogP contribution in [-0.2, 0) is 33.4 Å². The van der Waals surface area contributed by atoms with Crippen LogP contribution in [0.15, 0.2) is 0 Å². The van der Waals surface area contributed by atoms with Gasteiger partial charge in [0.2, 0.25) is 11.8 Å². The van der Waals surface area contributed by atoms with E-state index in [1.807, 2.05) is 0 Å². The van der Waals surface area contributed by atoms with E-state index in [-0.39, 0.29) is 48.8 Å². The van der Waals surface area contributed by atoms with E-state index in [4.69, 9.17) is 9.47 Å². The molecule has 12 heteroatoms. The molecule has 2 amide bonds. The Bertz CT molecular complexity index is 1210. The van der Waals surface area contributed by atoms with Gasteiger partial charge in [-0.25, -0.2) is 4.79 Å². The summed E-state index contributed by atoms with van der Waals surface area (Å²) >= 11 is 1.26. The highest BCUT2D eigenvalue weighted by atomic mass is 32.2. The molecule has 0 aliphatic rings. The number of aliphatic carboxylic acids is 1. The van der Waals surface area contributed by atoms with Crippen LogP contribution in [0.3, 0.4) is 0 Å². The zero-order valence-electron chi connectivity index (χ0n) is 44.9. The fourth-order valence-corrected chi connectivity index (χ4v) is 9.75. The smallest absolute Gasteiger partial charge is 0.328 e. The highest BCUT2D eigenvalue weighted by Crippen LogP contribution is 2.18. The first-order valence-corrected chi connectivity index (χ1v) is 30.2. The molecule has 0 bridgehead atoms. The van der Waals surface area contributed by atoms with E-state index >= 15 is 0 Å². The maximum atomic E-state index is 13.3. The number of carboxylic acid groups (broad SMARTS) is 1. The van der Waals surface area contributed by atoms with Gasteiger partial charge in [0.25, 0.3) is 0 Å². The van der Waals surface area contributed by atoms with Crippen LogP contribution in [-0.4, -0.2) is 82.8 Å². The van der Waals surface area contributed by atoms with Gasteiger partial charge in [-0.3, -0.25) is 19.2 Å². The van der Waals surface area contributed by atoms with E-state index in [0.717, 1.165) is 64.2 Å². The summed E-state index contributed by atoms with van der Waals surface area (Å²) in [5, 5.41) is 24.2. The Morgan fingerprint density at radius 3 is 1.10 bits per heavy atom. The van der Waals surface area contributed by atoms with Crippen molar-refractivity contribution in [1.82, 2.24) is 10.6 Å². The third-order valence-electron chi connectivity index (χ3n) is 13.2. The van der Waals surface area contributed by atoms with Gasteiger partial charge in [-0.1, -0.05) is 252 Å². The molecule has 0 radical (unpaired) electrons.